The van der Waals surface area contributed by atoms with Crippen molar-refractivity contribution < 1.29 is 18.3 Å². The fourth-order valence-corrected chi connectivity index (χ4v) is 3.05. The van der Waals surface area contributed by atoms with Gasteiger partial charge in [-0.05, 0) is 44.0 Å². The van der Waals surface area contributed by atoms with E-state index in [1.54, 1.807) is 12.1 Å². The predicted octanol–water partition coefficient (Wildman–Crippen LogP) is 3.42. The van der Waals surface area contributed by atoms with Crippen LogP contribution in [0.15, 0.2) is 18.2 Å². The van der Waals surface area contributed by atoms with Gasteiger partial charge in [0.05, 0.1) is 7.11 Å². The third kappa shape index (κ3) is 5.48. The van der Waals surface area contributed by atoms with Gasteiger partial charge < -0.3 is 15.2 Å². The molecule has 0 amide bonds. The van der Waals surface area contributed by atoms with Crippen LogP contribution in [0.4, 0.5) is 8.78 Å². The highest BCUT2D eigenvalue weighted by atomic mass is 35.5. The minimum absolute atomic E-state index is 0. The number of nitrogens with zero attached hydrogens (tertiary/aromatic N) is 1. The van der Waals surface area contributed by atoms with E-state index >= 15 is 0 Å². The first kappa shape index (κ1) is 19.9. The molecule has 0 radical (unpaired) electrons. The van der Waals surface area contributed by atoms with E-state index in [0.717, 1.165) is 31.5 Å². The molecule has 0 aromatic heterocycles. The highest BCUT2D eigenvalue weighted by Crippen LogP contribution is 2.31. The molecule has 132 valence electrons. The molecular weight excluding hydrogens is 326 g/mol. The van der Waals surface area contributed by atoms with Crippen LogP contribution < -0.4 is 15.2 Å². The third-order valence-electron chi connectivity index (χ3n) is 4.10. The van der Waals surface area contributed by atoms with Crippen LogP contribution in [0.3, 0.4) is 0 Å². The number of likely N-dealkylation sites (tertiary alicyclic amines) is 1. The average Bonchev–Trinajstić information content (AvgIpc) is 2.48. The van der Waals surface area contributed by atoms with E-state index < -0.39 is 6.61 Å². The number of nitrogens with two attached hydrogens (primary N) is 1. The number of piperidine rings is 1. The lowest BCUT2D eigenvalue weighted by molar-refractivity contribution is -0.0512. The van der Waals surface area contributed by atoms with Crippen molar-refractivity contribution in [1.29, 1.82) is 0 Å². The Bertz CT molecular complexity index is 489. The van der Waals surface area contributed by atoms with Crippen molar-refractivity contribution in [2.24, 2.45) is 5.73 Å². The Morgan fingerprint density at radius 3 is 2.65 bits per heavy atom. The number of hydrogen-bond acceptors (Lipinski definition) is 4. The van der Waals surface area contributed by atoms with Crippen molar-refractivity contribution in [3.63, 3.8) is 0 Å². The number of hydrogen-bond donors (Lipinski definition) is 1. The first-order valence-corrected chi connectivity index (χ1v) is 7.62. The molecule has 2 N–H and O–H groups in total. The fraction of sp³-hybridized carbons (Fsp3) is 0.625. The number of rotatable bonds is 6. The number of methoxy groups -OCH3 is 1. The summed E-state index contributed by atoms with van der Waals surface area (Å²) >= 11 is 0. The monoisotopic (exact) mass is 350 g/mol. The third-order valence-corrected chi connectivity index (χ3v) is 4.10. The molecule has 0 spiro atoms. The number of alkyl halides is 2. The van der Waals surface area contributed by atoms with E-state index in [-0.39, 0.29) is 24.2 Å². The average molecular weight is 351 g/mol. The van der Waals surface area contributed by atoms with Gasteiger partial charge >= 0.3 is 6.61 Å². The smallest absolute Gasteiger partial charge is 0.387 e. The van der Waals surface area contributed by atoms with Crippen LogP contribution in [0, 0.1) is 0 Å². The molecule has 1 fully saturated rings. The molecule has 23 heavy (non-hydrogen) atoms. The molecule has 0 saturated carbocycles. The van der Waals surface area contributed by atoms with Crippen molar-refractivity contribution in [1.82, 2.24) is 4.90 Å². The Kier molecular flexibility index (Phi) is 8.02. The molecule has 1 aliphatic heterocycles. The van der Waals surface area contributed by atoms with E-state index in [9.17, 15) is 8.78 Å². The van der Waals surface area contributed by atoms with Crippen molar-refractivity contribution in [3.05, 3.63) is 23.8 Å². The van der Waals surface area contributed by atoms with E-state index in [1.807, 2.05) is 6.92 Å². The van der Waals surface area contributed by atoms with Crippen LogP contribution in [-0.2, 0) is 6.54 Å². The summed E-state index contributed by atoms with van der Waals surface area (Å²) in [6.07, 6.45) is 3.46. The maximum Gasteiger partial charge on any atom is 0.387 e. The van der Waals surface area contributed by atoms with Crippen molar-refractivity contribution in [3.8, 4) is 11.5 Å². The maximum atomic E-state index is 12.4. The molecule has 2 atom stereocenters. The van der Waals surface area contributed by atoms with Crippen LogP contribution in [0.1, 0.15) is 31.7 Å². The number of benzene rings is 1. The van der Waals surface area contributed by atoms with Gasteiger partial charge in [0, 0.05) is 18.6 Å². The molecule has 2 unspecified atom stereocenters. The van der Waals surface area contributed by atoms with Crippen molar-refractivity contribution in [2.45, 2.75) is 51.4 Å². The first-order chi connectivity index (χ1) is 10.5. The Labute approximate surface area is 142 Å². The molecule has 0 bridgehead atoms. The van der Waals surface area contributed by atoms with Gasteiger partial charge in [-0.25, -0.2) is 0 Å². The first-order valence-electron chi connectivity index (χ1n) is 7.62. The van der Waals surface area contributed by atoms with E-state index in [2.05, 4.69) is 9.64 Å². The zero-order chi connectivity index (χ0) is 16.1. The summed E-state index contributed by atoms with van der Waals surface area (Å²) in [5, 5.41) is 0. The molecule has 4 nitrogen and oxygen atoms in total. The normalized spacial score (nSPS) is 20.0. The van der Waals surface area contributed by atoms with E-state index in [1.165, 1.54) is 19.6 Å². The molecule has 1 aliphatic rings. The van der Waals surface area contributed by atoms with E-state index in [4.69, 9.17) is 10.5 Å². The number of halogens is 3. The summed E-state index contributed by atoms with van der Waals surface area (Å²) in [5.74, 6) is 0.385. The Balaban J connectivity index is 0.00000264. The highest BCUT2D eigenvalue weighted by Gasteiger charge is 2.25. The molecule has 1 saturated heterocycles. The van der Waals surface area contributed by atoms with Gasteiger partial charge in [0.2, 0.25) is 0 Å². The Hall–Kier alpha value is -1.11. The fourth-order valence-electron chi connectivity index (χ4n) is 3.05. The SMILES string of the molecule is COc1cc(CN2CCCCC2C(C)N)ccc1OC(F)F.Cl. The van der Waals surface area contributed by atoms with Crippen LogP contribution in [-0.4, -0.2) is 37.2 Å². The summed E-state index contributed by atoms with van der Waals surface area (Å²) < 4.78 is 34.3. The van der Waals surface area contributed by atoms with Gasteiger partial charge in [-0.3, -0.25) is 4.90 Å². The molecule has 7 heteroatoms. The Morgan fingerprint density at radius 2 is 2.04 bits per heavy atom. The summed E-state index contributed by atoms with van der Waals surface area (Å²) in [5.41, 5.74) is 7.08. The Morgan fingerprint density at radius 1 is 1.30 bits per heavy atom. The molecule has 1 aromatic rings. The minimum atomic E-state index is -2.86. The summed E-state index contributed by atoms with van der Waals surface area (Å²) in [7, 11) is 1.45. The van der Waals surface area contributed by atoms with Gasteiger partial charge in [0.15, 0.2) is 11.5 Å². The summed E-state index contributed by atoms with van der Waals surface area (Å²) in [4.78, 5) is 2.36. The minimum Gasteiger partial charge on any atom is -0.493 e. The second-order valence-electron chi connectivity index (χ2n) is 5.76. The van der Waals surface area contributed by atoms with Crippen LogP contribution in [0.25, 0.3) is 0 Å². The lowest BCUT2D eigenvalue weighted by Gasteiger charge is -2.38. The predicted molar refractivity (Wildman–Crippen MR) is 88.6 cm³/mol. The van der Waals surface area contributed by atoms with Crippen LogP contribution in [0.5, 0.6) is 11.5 Å². The standard InChI is InChI=1S/C16H24F2N2O2.ClH/c1-11(19)13-5-3-4-8-20(13)10-12-6-7-14(22-16(17)18)15(9-12)21-2;/h6-7,9,11,13,16H,3-5,8,10,19H2,1-2H3;1H. The van der Waals surface area contributed by atoms with Gasteiger partial charge in [-0.2, -0.15) is 8.78 Å². The van der Waals surface area contributed by atoms with Crippen LogP contribution in [0.2, 0.25) is 0 Å². The lowest BCUT2D eigenvalue weighted by Crippen LogP contribution is -2.48. The van der Waals surface area contributed by atoms with Crippen molar-refractivity contribution >= 4 is 12.4 Å². The van der Waals surface area contributed by atoms with Gasteiger partial charge in [0.25, 0.3) is 0 Å². The van der Waals surface area contributed by atoms with Crippen LogP contribution >= 0.6 is 12.4 Å². The van der Waals surface area contributed by atoms with Gasteiger partial charge in [-0.15, -0.1) is 12.4 Å². The summed E-state index contributed by atoms with van der Waals surface area (Å²) in [6, 6.07) is 5.56. The molecule has 0 aliphatic carbocycles. The number of ether oxygens (including phenoxy) is 2. The topological polar surface area (TPSA) is 47.7 Å². The highest BCUT2D eigenvalue weighted by molar-refractivity contribution is 5.85. The van der Waals surface area contributed by atoms with E-state index in [0.29, 0.717) is 11.8 Å². The van der Waals surface area contributed by atoms with Gasteiger partial charge in [0.1, 0.15) is 0 Å². The quantitative estimate of drug-likeness (QED) is 0.854. The zero-order valence-electron chi connectivity index (χ0n) is 13.5. The maximum absolute atomic E-state index is 12.4. The zero-order valence-corrected chi connectivity index (χ0v) is 14.3. The molecule has 2 rings (SSSR count). The van der Waals surface area contributed by atoms with Gasteiger partial charge in [-0.1, -0.05) is 12.5 Å². The second-order valence-corrected chi connectivity index (χ2v) is 5.76. The van der Waals surface area contributed by atoms with Crippen molar-refractivity contribution in [2.75, 3.05) is 13.7 Å². The molecular formula is C16H25ClF2N2O2. The molecule has 1 heterocycles. The molecule has 1 aromatic carbocycles. The second kappa shape index (κ2) is 9.25. The summed E-state index contributed by atoms with van der Waals surface area (Å²) in [6.45, 7) is 0.911. The largest absolute Gasteiger partial charge is 0.493 e. The lowest BCUT2D eigenvalue weighted by atomic mass is 9.96.